The molecule has 1 fully saturated rings. The number of hydrogen-bond donors (Lipinski definition) is 1. The summed E-state index contributed by atoms with van der Waals surface area (Å²) in [7, 11) is 0. The molecule has 7 heteroatoms. The highest BCUT2D eigenvalue weighted by molar-refractivity contribution is 6.03. The van der Waals surface area contributed by atoms with Crippen LogP contribution in [0.1, 0.15) is 80.6 Å². The second kappa shape index (κ2) is 8.50. The predicted octanol–water partition coefficient (Wildman–Crippen LogP) is 2.77. The van der Waals surface area contributed by atoms with Gasteiger partial charge in [0.05, 0.1) is 5.60 Å². The van der Waals surface area contributed by atoms with Gasteiger partial charge < -0.3 is 4.74 Å². The molecule has 1 aliphatic rings. The molecule has 3 amide bonds. The third kappa shape index (κ3) is 7.05. The van der Waals surface area contributed by atoms with Crippen LogP contribution in [0.25, 0.3) is 0 Å². The largest absolute Gasteiger partial charge is 0.376 e. The molecule has 0 unspecified atom stereocenters. The standard InChI is InChI=1S/C20H34N2O5/c1-18(2,3)14(23)10-11-20(6,7)27-13-12-19(4,5)17(26)21-22-15(24)8-9-16(22)25/h8-13H2,1-7H3,(H,21,26). The maximum Gasteiger partial charge on any atom is 0.248 e. The second-order valence-electron chi connectivity index (χ2n) is 9.48. The first-order valence-corrected chi connectivity index (χ1v) is 9.50. The minimum absolute atomic E-state index is 0.129. The Morgan fingerprint density at radius 1 is 0.963 bits per heavy atom. The number of nitrogens with one attached hydrogen (secondary N) is 1. The minimum Gasteiger partial charge on any atom is -0.376 e. The van der Waals surface area contributed by atoms with Crippen LogP contribution >= 0.6 is 0 Å². The van der Waals surface area contributed by atoms with E-state index in [9.17, 15) is 19.2 Å². The lowest BCUT2D eigenvalue weighted by Crippen LogP contribution is -2.50. The zero-order valence-corrected chi connectivity index (χ0v) is 17.7. The lowest BCUT2D eigenvalue weighted by Gasteiger charge is -2.30. The Labute approximate surface area is 162 Å². The van der Waals surface area contributed by atoms with Crippen LogP contribution in [-0.4, -0.2) is 40.7 Å². The molecule has 1 rings (SSSR count). The Morgan fingerprint density at radius 3 is 1.96 bits per heavy atom. The fraction of sp³-hybridized carbons (Fsp3) is 0.800. The molecule has 27 heavy (non-hydrogen) atoms. The van der Waals surface area contributed by atoms with E-state index in [0.717, 1.165) is 5.01 Å². The molecule has 0 aliphatic carbocycles. The van der Waals surface area contributed by atoms with Gasteiger partial charge in [-0.15, -0.1) is 0 Å². The maximum absolute atomic E-state index is 12.4. The summed E-state index contributed by atoms with van der Waals surface area (Å²) in [5, 5.41) is 0.812. The van der Waals surface area contributed by atoms with Gasteiger partial charge in [0.25, 0.3) is 0 Å². The molecule has 0 aromatic carbocycles. The Morgan fingerprint density at radius 2 is 1.48 bits per heavy atom. The van der Waals surface area contributed by atoms with Crippen LogP contribution in [0.2, 0.25) is 0 Å². The first-order valence-electron chi connectivity index (χ1n) is 9.50. The fourth-order valence-electron chi connectivity index (χ4n) is 2.51. The van der Waals surface area contributed by atoms with Crippen molar-refractivity contribution in [1.29, 1.82) is 0 Å². The van der Waals surface area contributed by atoms with Crippen molar-refractivity contribution in [3.63, 3.8) is 0 Å². The van der Waals surface area contributed by atoms with Gasteiger partial charge in [0, 0.05) is 36.7 Å². The number of carbonyl (C=O) groups excluding carboxylic acids is 4. The van der Waals surface area contributed by atoms with Gasteiger partial charge >= 0.3 is 0 Å². The third-order valence-electron chi connectivity index (χ3n) is 4.89. The van der Waals surface area contributed by atoms with E-state index < -0.39 is 16.9 Å². The Bertz CT molecular complexity index is 586. The number of nitrogens with zero attached hydrogens (tertiary/aromatic N) is 1. The molecule has 0 spiro atoms. The molecule has 1 saturated heterocycles. The molecule has 0 saturated carbocycles. The lowest BCUT2D eigenvalue weighted by atomic mass is 9.86. The molecule has 1 heterocycles. The van der Waals surface area contributed by atoms with Crippen molar-refractivity contribution < 1.29 is 23.9 Å². The zero-order valence-electron chi connectivity index (χ0n) is 17.7. The van der Waals surface area contributed by atoms with Crippen LogP contribution in [0.3, 0.4) is 0 Å². The van der Waals surface area contributed by atoms with Crippen LogP contribution < -0.4 is 5.43 Å². The summed E-state index contributed by atoms with van der Waals surface area (Å²) in [5.74, 6) is -0.968. The molecule has 0 atom stereocenters. The first kappa shape index (κ1) is 23.3. The summed E-state index contributed by atoms with van der Waals surface area (Å²) in [6.45, 7) is 13.4. The number of amides is 3. The van der Waals surface area contributed by atoms with Gasteiger partial charge in [0.1, 0.15) is 5.78 Å². The van der Waals surface area contributed by atoms with Crippen LogP contribution in [-0.2, 0) is 23.9 Å². The molecule has 0 aromatic heterocycles. The Kier molecular flexibility index (Phi) is 7.33. The maximum atomic E-state index is 12.4. The highest BCUT2D eigenvalue weighted by Crippen LogP contribution is 2.26. The van der Waals surface area contributed by atoms with Crippen molar-refractivity contribution in [2.45, 2.75) is 86.2 Å². The van der Waals surface area contributed by atoms with Gasteiger partial charge in [-0.05, 0) is 26.7 Å². The Hall–Kier alpha value is -1.76. The smallest absolute Gasteiger partial charge is 0.248 e. The topological polar surface area (TPSA) is 92.8 Å². The first-order chi connectivity index (χ1) is 12.2. The summed E-state index contributed by atoms with van der Waals surface area (Å²) in [6.07, 6.45) is 1.73. The van der Waals surface area contributed by atoms with E-state index in [2.05, 4.69) is 5.43 Å². The van der Waals surface area contributed by atoms with E-state index in [4.69, 9.17) is 4.74 Å². The van der Waals surface area contributed by atoms with Crippen molar-refractivity contribution >= 4 is 23.5 Å². The van der Waals surface area contributed by atoms with Gasteiger partial charge in [-0.2, -0.15) is 5.01 Å². The van der Waals surface area contributed by atoms with Crippen molar-refractivity contribution in [3.05, 3.63) is 0 Å². The van der Waals surface area contributed by atoms with Crippen LogP contribution in [0.5, 0.6) is 0 Å². The van der Waals surface area contributed by atoms with Crippen molar-refractivity contribution in [3.8, 4) is 0 Å². The lowest BCUT2D eigenvalue weighted by molar-refractivity contribution is -0.151. The molecule has 154 valence electrons. The molecule has 0 bridgehead atoms. The molecule has 1 aliphatic heterocycles. The quantitative estimate of drug-likeness (QED) is 0.619. The summed E-state index contributed by atoms with van der Waals surface area (Å²) in [4.78, 5) is 47.8. The molecule has 0 aromatic rings. The average Bonchev–Trinajstić information content (AvgIpc) is 2.83. The van der Waals surface area contributed by atoms with Crippen LogP contribution in [0, 0.1) is 10.8 Å². The highest BCUT2D eigenvalue weighted by atomic mass is 16.5. The van der Waals surface area contributed by atoms with Gasteiger partial charge in [-0.3, -0.25) is 24.6 Å². The average molecular weight is 383 g/mol. The number of ketones is 1. The summed E-state index contributed by atoms with van der Waals surface area (Å²) >= 11 is 0. The Balaban J connectivity index is 2.48. The van der Waals surface area contributed by atoms with Gasteiger partial charge in [0.15, 0.2) is 0 Å². The van der Waals surface area contributed by atoms with Crippen LogP contribution in [0.15, 0.2) is 0 Å². The number of hydrogen-bond acceptors (Lipinski definition) is 5. The van der Waals surface area contributed by atoms with E-state index in [-0.39, 0.29) is 35.9 Å². The fourth-order valence-corrected chi connectivity index (χ4v) is 2.51. The predicted molar refractivity (Wildman–Crippen MR) is 101 cm³/mol. The van der Waals surface area contributed by atoms with Crippen molar-refractivity contribution in [2.24, 2.45) is 10.8 Å². The molecular formula is C20H34N2O5. The normalized spacial score (nSPS) is 16.0. The summed E-state index contributed by atoms with van der Waals surface area (Å²) in [5.41, 5.74) is 0.775. The molecule has 0 radical (unpaired) electrons. The third-order valence-corrected chi connectivity index (χ3v) is 4.89. The molecule has 1 N–H and O–H groups in total. The number of imide groups is 1. The number of ether oxygens (including phenoxy) is 1. The highest BCUT2D eigenvalue weighted by Gasteiger charge is 2.36. The molecule has 7 nitrogen and oxygen atoms in total. The van der Waals surface area contributed by atoms with Gasteiger partial charge in [0.2, 0.25) is 17.7 Å². The van der Waals surface area contributed by atoms with Crippen LogP contribution in [0.4, 0.5) is 0 Å². The summed E-state index contributed by atoms with van der Waals surface area (Å²) in [6, 6.07) is 0. The van der Waals surface area contributed by atoms with Gasteiger partial charge in [-0.1, -0.05) is 34.6 Å². The number of Topliss-reactive ketones (excluding diaryl/α,β-unsaturated/α-hetero) is 1. The van der Waals surface area contributed by atoms with Crippen molar-refractivity contribution in [2.75, 3.05) is 6.61 Å². The van der Waals surface area contributed by atoms with E-state index in [0.29, 0.717) is 25.9 Å². The number of rotatable bonds is 9. The zero-order chi connectivity index (χ0) is 21.0. The second-order valence-corrected chi connectivity index (χ2v) is 9.48. The summed E-state index contributed by atoms with van der Waals surface area (Å²) < 4.78 is 5.91. The number of carbonyl (C=O) groups is 4. The van der Waals surface area contributed by atoms with E-state index in [1.807, 2.05) is 34.6 Å². The van der Waals surface area contributed by atoms with E-state index in [1.54, 1.807) is 13.8 Å². The SMILES string of the molecule is CC(C)(CCC(=O)C(C)(C)C)OCCC(C)(C)C(=O)NN1C(=O)CCC1=O. The minimum atomic E-state index is -0.805. The monoisotopic (exact) mass is 382 g/mol. The number of hydrazine groups is 1. The molecular weight excluding hydrogens is 348 g/mol. The van der Waals surface area contributed by atoms with E-state index in [1.165, 1.54) is 0 Å². The van der Waals surface area contributed by atoms with E-state index >= 15 is 0 Å². The van der Waals surface area contributed by atoms with Gasteiger partial charge in [-0.25, -0.2) is 0 Å². The van der Waals surface area contributed by atoms with Crippen molar-refractivity contribution in [1.82, 2.24) is 10.4 Å².